The molecule has 0 saturated carbocycles. The molecular weight excluding hydrogens is 164 g/mol. The Morgan fingerprint density at radius 2 is 2.38 bits per heavy atom. The lowest BCUT2D eigenvalue weighted by atomic mass is 9.95. The zero-order valence-electron chi connectivity index (χ0n) is 7.10. The standard InChI is InChI=1S/C10H10N2O/c13-10-8-4-2-1-3-6-11-9(8)5-7-12-10/h1-3,5-8H,4H2,(H,12,13). The van der Waals surface area contributed by atoms with Gasteiger partial charge in [-0.2, -0.15) is 0 Å². The predicted octanol–water partition coefficient (Wildman–Crippen LogP) is 1.16. The van der Waals surface area contributed by atoms with Crippen molar-refractivity contribution in [1.29, 1.82) is 0 Å². The van der Waals surface area contributed by atoms with Crippen molar-refractivity contribution in [2.24, 2.45) is 10.9 Å². The second-order valence-electron chi connectivity index (χ2n) is 2.95. The average Bonchev–Trinajstić information content (AvgIpc) is 2.07. The minimum Gasteiger partial charge on any atom is -0.332 e. The first kappa shape index (κ1) is 7.98. The van der Waals surface area contributed by atoms with Crippen LogP contribution in [0.3, 0.4) is 0 Å². The highest BCUT2D eigenvalue weighted by atomic mass is 16.1. The third-order valence-corrected chi connectivity index (χ3v) is 2.08. The molecule has 1 atom stereocenters. The van der Waals surface area contributed by atoms with Crippen LogP contribution in [0.25, 0.3) is 0 Å². The van der Waals surface area contributed by atoms with E-state index in [4.69, 9.17) is 0 Å². The molecule has 3 heteroatoms. The van der Waals surface area contributed by atoms with E-state index < -0.39 is 0 Å². The summed E-state index contributed by atoms with van der Waals surface area (Å²) in [5, 5.41) is 2.67. The van der Waals surface area contributed by atoms with Gasteiger partial charge in [-0.1, -0.05) is 12.2 Å². The van der Waals surface area contributed by atoms with Gasteiger partial charge in [0.2, 0.25) is 5.91 Å². The maximum atomic E-state index is 11.4. The van der Waals surface area contributed by atoms with E-state index in [0.717, 1.165) is 12.1 Å². The van der Waals surface area contributed by atoms with E-state index in [9.17, 15) is 4.79 Å². The molecule has 2 aliphatic heterocycles. The molecule has 0 bridgehead atoms. The number of carbonyl (C=O) groups excluding carboxylic acids is 1. The summed E-state index contributed by atoms with van der Waals surface area (Å²) in [5.41, 5.74) is 0.837. The molecule has 1 N–H and O–H groups in total. The molecule has 0 aromatic rings. The number of aliphatic imine (C=N–C) groups is 1. The highest BCUT2D eigenvalue weighted by Gasteiger charge is 2.23. The van der Waals surface area contributed by atoms with Gasteiger partial charge in [0.25, 0.3) is 0 Å². The lowest BCUT2D eigenvalue weighted by Crippen LogP contribution is -2.35. The fourth-order valence-electron chi connectivity index (χ4n) is 1.39. The van der Waals surface area contributed by atoms with Crippen molar-refractivity contribution in [3.63, 3.8) is 0 Å². The number of amides is 1. The molecule has 1 unspecified atom stereocenters. The van der Waals surface area contributed by atoms with E-state index >= 15 is 0 Å². The van der Waals surface area contributed by atoms with Crippen LogP contribution in [0.4, 0.5) is 0 Å². The number of carbonyl (C=O) groups is 1. The number of allylic oxidation sites excluding steroid dienone is 4. The van der Waals surface area contributed by atoms with Crippen LogP contribution in [0.5, 0.6) is 0 Å². The van der Waals surface area contributed by atoms with Crippen molar-refractivity contribution in [1.82, 2.24) is 5.32 Å². The predicted molar refractivity (Wildman–Crippen MR) is 51.1 cm³/mol. The Bertz CT molecular complexity index is 337. The third-order valence-electron chi connectivity index (χ3n) is 2.08. The number of hydrogen-bond donors (Lipinski definition) is 1. The van der Waals surface area contributed by atoms with E-state index in [-0.39, 0.29) is 11.8 Å². The number of nitrogens with one attached hydrogen (secondary N) is 1. The molecular formula is C10H10N2O. The quantitative estimate of drug-likeness (QED) is 0.588. The molecule has 0 radical (unpaired) electrons. The molecule has 2 aliphatic rings. The van der Waals surface area contributed by atoms with Crippen molar-refractivity contribution in [3.8, 4) is 0 Å². The third kappa shape index (κ3) is 1.59. The minimum absolute atomic E-state index is 0.0289. The monoisotopic (exact) mass is 174 g/mol. The summed E-state index contributed by atoms with van der Waals surface area (Å²) < 4.78 is 0. The van der Waals surface area contributed by atoms with E-state index in [1.807, 2.05) is 24.3 Å². The lowest BCUT2D eigenvalue weighted by molar-refractivity contribution is -0.122. The molecule has 3 nitrogen and oxygen atoms in total. The van der Waals surface area contributed by atoms with Crippen LogP contribution in [-0.4, -0.2) is 11.6 Å². The van der Waals surface area contributed by atoms with Gasteiger partial charge in [0.05, 0.1) is 11.6 Å². The Kier molecular flexibility index (Phi) is 2.08. The van der Waals surface area contributed by atoms with Crippen molar-refractivity contribution in [2.75, 3.05) is 0 Å². The smallest absolute Gasteiger partial charge is 0.233 e. The van der Waals surface area contributed by atoms with Crippen LogP contribution < -0.4 is 5.32 Å². The largest absolute Gasteiger partial charge is 0.332 e. The van der Waals surface area contributed by atoms with Crippen LogP contribution in [0.2, 0.25) is 0 Å². The van der Waals surface area contributed by atoms with Crippen LogP contribution in [0.1, 0.15) is 6.42 Å². The fourth-order valence-corrected chi connectivity index (χ4v) is 1.39. The maximum absolute atomic E-state index is 11.4. The van der Waals surface area contributed by atoms with Crippen molar-refractivity contribution >= 4 is 11.6 Å². The number of nitrogens with zero attached hydrogens (tertiary/aromatic N) is 1. The molecule has 0 aromatic heterocycles. The van der Waals surface area contributed by atoms with E-state index in [0.29, 0.717) is 0 Å². The van der Waals surface area contributed by atoms with Crippen molar-refractivity contribution in [2.45, 2.75) is 6.42 Å². The normalized spacial score (nSPS) is 25.7. The van der Waals surface area contributed by atoms with Gasteiger partial charge in [0.1, 0.15) is 0 Å². The van der Waals surface area contributed by atoms with Crippen LogP contribution in [-0.2, 0) is 4.79 Å². The molecule has 1 amide bonds. The highest BCUT2D eigenvalue weighted by molar-refractivity contribution is 6.12. The van der Waals surface area contributed by atoms with Gasteiger partial charge < -0.3 is 5.32 Å². The summed E-state index contributed by atoms with van der Waals surface area (Å²) in [4.78, 5) is 15.6. The average molecular weight is 174 g/mol. The first-order valence-corrected chi connectivity index (χ1v) is 4.24. The maximum Gasteiger partial charge on any atom is 0.233 e. The van der Waals surface area contributed by atoms with Crippen LogP contribution in [0.15, 0.2) is 41.7 Å². The Hall–Kier alpha value is -1.64. The molecule has 0 saturated heterocycles. The second-order valence-corrected chi connectivity index (χ2v) is 2.95. The van der Waals surface area contributed by atoms with Gasteiger partial charge in [-0.3, -0.25) is 9.79 Å². The number of hydrogen-bond acceptors (Lipinski definition) is 2. The van der Waals surface area contributed by atoms with E-state index in [1.54, 1.807) is 12.4 Å². The summed E-state index contributed by atoms with van der Waals surface area (Å²) in [6, 6.07) is 0. The Balaban J connectivity index is 2.36. The van der Waals surface area contributed by atoms with Crippen molar-refractivity contribution in [3.05, 3.63) is 36.7 Å². The fraction of sp³-hybridized carbons (Fsp3) is 0.200. The summed E-state index contributed by atoms with van der Waals surface area (Å²) in [5.74, 6) is -0.0904. The van der Waals surface area contributed by atoms with E-state index in [2.05, 4.69) is 10.3 Å². The van der Waals surface area contributed by atoms with Gasteiger partial charge in [-0.05, 0) is 18.6 Å². The Labute approximate surface area is 76.5 Å². The molecule has 2 rings (SSSR count). The molecule has 0 aliphatic carbocycles. The van der Waals surface area contributed by atoms with Gasteiger partial charge in [-0.25, -0.2) is 0 Å². The number of rotatable bonds is 0. The van der Waals surface area contributed by atoms with Gasteiger partial charge >= 0.3 is 0 Å². The summed E-state index contributed by atoms with van der Waals surface area (Å²) in [6.07, 6.45) is 11.7. The van der Waals surface area contributed by atoms with Crippen molar-refractivity contribution < 1.29 is 4.79 Å². The SMILES string of the molecule is O=C1NC=CC2=NC=CC=CCC12. The molecule has 0 spiro atoms. The molecule has 0 fully saturated rings. The zero-order chi connectivity index (χ0) is 9.10. The highest BCUT2D eigenvalue weighted by Crippen LogP contribution is 2.14. The second kappa shape index (κ2) is 3.39. The van der Waals surface area contributed by atoms with Gasteiger partial charge in [-0.15, -0.1) is 0 Å². The molecule has 0 aromatic carbocycles. The summed E-state index contributed by atoms with van der Waals surface area (Å²) >= 11 is 0. The molecule has 2 heterocycles. The van der Waals surface area contributed by atoms with Gasteiger partial charge in [0, 0.05) is 12.4 Å². The van der Waals surface area contributed by atoms with Gasteiger partial charge in [0.15, 0.2) is 0 Å². The Morgan fingerprint density at radius 1 is 1.46 bits per heavy atom. The minimum atomic E-state index is -0.119. The van der Waals surface area contributed by atoms with Crippen LogP contribution in [0, 0.1) is 5.92 Å². The first-order valence-electron chi connectivity index (χ1n) is 4.24. The molecule has 66 valence electrons. The molecule has 13 heavy (non-hydrogen) atoms. The topological polar surface area (TPSA) is 41.5 Å². The number of fused-ring (bicyclic) bond motifs is 1. The zero-order valence-corrected chi connectivity index (χ0v) is 7.10. The lowest BCUT2D eigenvalue weighted by Gasteiger charge is -2.18. The first-order chi connectivity index (χ1) is 6.38. The summed E-state index contributed by atoms with van der Waals surface area (Å²) in [7, 11) is 0. The van der Waals surface area contributed by atoms with Crippen LogP contribution >= 0.6 is 0 Å². The Morgan fingerprint density at radius 3 is 3.31 bits per heavy atom. The summed E-state index contributed by atoms with van der Waals surface area (Å²) in [6.45, 7) is 0. The van der Waals surface area contributed by atoms with E-state index in [1.165, 1.54) is 0 Å².